The highest BCUT2D eigenvalue weighted by Gasteiger charge is 2.13. The van der Waals surface area contributed by atoms with E-state index in [-0.39, 0.29) is 6.04 Å². The summed E-state index contributed by atoms with van der Waals surface area (Å²) in [6.45, 7) is 7.85. The van der Waals surface area contributed by atoms with Crippen LogP contribution in [0.15, 0.2) is 16.5 Å². The molecule has 1 unspecified atom stereocenters. The van der Waals surface area contributed by atoms with Crippen molar-refractivity contribution < 1.29 is 4.42 Å². The van der Waals surface area contributed by atoms with Crippen molar-refractivity contribution in [1.82, 2.24) is 9.97 Å². The number of nitrogens with zero attached hydrogens (tertiary/aromatic N) is 2. The molecule has 2 rings (SSSR count). The lowest BCUT2D eigenvalue weighted by Gasteiger charge is -2.14. The SMILES string of the molecule is Cc1cc(NC(C)c2cc(C)oc2C)nc(NN)n1. The number of aromatic nitrogens is 2. The minimum Gasteiger partial charge on any atom is -0.466 e. The topological polar surface area (TPSA) is 89.0 Å². The van der Waals surface area contributed by atoms with Gasteiger partial charge in [-0.25, -0.2) is 10.8 Å². The molecular weight excluding hydrogens is 242 g/mol. The van der Waals surface area contributed by atoms with Gasteiger partial charge in [0.05, 0.1) is 6.04 Å². The van der Waals surface area contributed by atoms with Crippen LogP contribution in [0, 0.1) is 20.8 Å². The van der Waals surface area contributed by atoms with E-state index in [1.54, 1.807) is 0 Å². The summed E-state index contributed by atoms with van der Waals surface area (Å²) in [4.78, 5) is 8.41. The van der Waals surface area contributed by atoms with Gasteiger partial charge in [0, 0.05) is 17.3 Å². The van der Waals surface area contributed by atoms with Crippen molar-refractivity contribution in [2.45, 2.75) is 33.7 Å². The molecule has 0 saturated carbocycles. The van der Waals surface area contributed by atoms with Crippen molar-refractivity contribution in [2.75, 3.05) is 10.7 Å². The maximum absolute atomic E-state index is 5.54. The number of nitrogens with one attached hydrogen (secondary N) is 2. The Morgan fingerprint density at radius 1 is 1.21 bits per heavy atom. The summed E-state index contributed by atoms with van der Waals surface area (Å²) < 4.78 is 5.54. The molecular formula is C13H19N5O. The van der Waals surface area contributed by atoms with Gasteiger partial charge in [0.2, 0.25) is 5.95 Å². The van der Waals surface area contributed by atoms with Crippen LogP contribution in [-0.2, 0) is 0 Å². The first-order chi connectivity index (χ1) is 8.99. The lowest BCUT2D eigenvalue weighted by molar-refractivity contribution is 0.500. The maximum Gasteiger partial charge on any atom is 0.239 e. The van der Waals surface area contributed by atoms with Gasteiger partial charge in [-0.2, -0.15) is 4.98 Å². The third kappa shape index (κ3) is 3.03. The Morgan fingerprint density at radius 3 is 2.53 bits per heavy atom. The van der Waals surface area contributed by atoms with Crippen molar-refractivity contribution in [2.24, 2.45) is 5.84 Å². The fourth-order valence-electron chi connectivity index (χ4n) is 2.09. The number of nitrogens with two attached hydrogens (primary N) is 1. The molecule has 2 heterocycles. The summed E-state index contributed by atoms with van der Waals surface area (Å²) in [6.07, 6.45) is 0. The number of anilines is 2. The summed E-state index contributed by atoms with van der Waals surface area (Å²) in [6, 6.07) is 4.00. The third-order valence-corrected chi connectivity index (χ3v) is 2.89. The quantitative estimate of drug-likeness (QED) is 0.578. The summed E-state index contributed by atoms with van der Waals surface area (Å²) in [7, 11) is 0. The first-order valence-corrected chi connectivity index (χ1v) is 6.15. The molecule has 0 aliphatic heterocycles. The van der Waals surface area contributed by atoms with Crippen LogP contribution >= 0.6 is 0 Å². The number of nitrogen functional groups attached to an aromatic ring is 1. The highest BCUT2D eigenvalue weighted by molar-refractivity contribution is 5.44. The van der Waals surface area contributed by atoms with Gasteiger partial charge in [-0.1, -0.05) is 0 Å². The Morgan fingerprint density at radius 2 is 1.95 bits per heavy atom. The first-order valence-electron chi connectivity index (χ1n) is 6.15. The van der Waals surface area contributed by atoms with Crippen LogP contribution < -0.4 is 16.6 Å². The monoisotopic (exact) mass is 261 g/mol. The van der Waals surface area contributed by atoms with Gasteiger partial charge < -0.3 is 9.73 Å². The standard InChI is InChI=1S/C13H19N5O/c1-7-5-12(17-13(15-7)18-14)16-9(3)11-6-8(2)19-10(11)4/h5-6,9H,14H2,1-4H3,(H2,15,16,17,18). The number of aryl methyl sites for hydroxylation is 3. The van der Waals surface area contributed by atoms with Crippen molar-refractivity contribution in [3.05, 3.63) is 34.9 Å². The number of hydrogen-bond acceptors (Lipinski definition) is 6. The van der Waals surface area contributed by atoms with E-state index in [0.29, 0.717) is 5.95 Å². The molecule has 0 saturated heterocycles. The van der Waals surface area contributed by atoms with Crippen molar-refractivity contribution in [3.8, 4) is 0 Å². The van der Waals surface area contributed by atoms with Crippen LogP contribution in [0.3, 0.4) is 0 Å². The second-order valence-corrected chi connectivity index (χ2v) is 4.60. The van der Waals surface area contributed by atoms with E-state index in [1.165, 1.54) is 0 Å². The van der Waals surface area contributed by atoms with Gasteiger partial charge in [-0.05, 0) is 33.8 Å². The third-order valence-electron chi connectivity index (χ3n) is 2.89. The molecule has 0 aliphatic carbocycles. The summed E-state index contributed by atoms with van der Waals surface area (Å²) in [5.41, 5.74) is 4.42. The molecule has 0 radical (unpaired) electrons. The molecule has 0 bridgehead atoms. The molecule has 6 nitrogen and oxygen atoms in total. The Bertz CT molecular complexity index is 578. The summed E-state index contributed by atoms with van der Waals surface area (Å²) in [5.74, 6) is 8.29. The van der Waals surface area contributed by atoms with E-state index < -0.39 is 0 Å². The molecule has 6 heteroatoms. The van der Waals surface area contributed by atoms with E-state index in [4.69, 9.17) is 10.3 Å². The van der Waals surface area contributed by atoms with Crippen molar-refractivity contribution in [1.29, 1.82) is 0 Å². The Labute approximate surface area is 112 Å². The van der Waals surface area contributed by atoms with E-state index in [9.17, 15) is 0 Å². The predicted octanol–water partition coefficient (Wildman–Crippen LogP) is 2.45. The molecule has 102 valence electrons. The van der Waals surface area contributed by atoms with Gasteiger partial charge in [-0.3, -0.25) is 5.43 Å². The number of hydrazine groups is 1. The van der Waals surface area contributed by atoms with Crippen LogP contribution in [0.2, 0.25) is 0 Å². The van der Waals surface area contributed by atoms with E-state index in [2.05, 4.69) is 27.6 Å². The van der Waals surface area contributed by atoms with E-state index in [0.717, 1.165) is 28.6 Å². The highest BCUT2D eigenvalue weighted by Crippen LogP contribution is 2.24. The second-order valence-electron chi connectivity index (χ2n) is 4.60. The van der Waals surface area contributed by atoms with Gasteiger partial charge in [0.25, 0.3) is 0 Å². The van der Waals surface area contributed by atoms with Gasteiger partial charge in [0.15, 0.2) is 0 Å². The normalized spacial score (nSPS) is 12.3. The largest absolute Gasteiger partial charge is 0.466 e. The number of hydrogen-bond donors (Lipinski definition) is 3. The molecule has 2 aromatic rings. The zero-order valence-electron chi connectivity index (χ0n) is 11.6. The lowest BCUT2D eigenvalue weighted by atomic mass is 10.1. The molecule has 0 spiro atoms. The van der Waals surface area contributed by atoms with Crippen LogP contribution in [0.25, 0.3) is 0 Å². The molecule has 0 amide bonds. The lowest BCUT2D eigenvalue weighted by Crippen LogP contribution is -2.14. The predicted molar refractivity (Wildman–Crippen MR) is 74.8 cm³/mol. The highest BCUT2D eigenvalue weighted by atomic mass is 16.3. The van der Waals surface area contributed by atoms with Crippen molar-refractivity contribution >= 4 is 11.8 Å². The first kappa shape index (κ1) is 13.4. The molecule has 2 aromatic heterocycles. The number of rotatable bonds is 4. The zero-order valence-corrected chi connectivity index (χ0v) is 11.6. The molecule has 0 aliphatic rings. The minimum absolute atomic E-state index is 0.0948. The minimum atomic E-state index is 0.0948. The van der Waals surface area contributed by atoms with E-state index in [1.807, 2.05) is 32.9 Å². The molecule has 19 heavy (non-hydrogen) atoms. The average Bonchev–Trinajstić information content (AvgIpc) is 2.67. The van der Waals surface area contributed by atoms with E-state index >= 15 is 0 Å². The Hall–Kier alpha value is -2.08. The molecule has 1 atom stereocenters. The maximum atomic E-state index is 5.54. The van der Waals surface area contributed by atoms with Crippen LogP contribution in [0.1, 0.15) is 35.7 Å². The molecule has 0 aromatic carbocycles. The molecule has 0 fully saturated rings. The Balaban J connectivity index is 2.21. The van der Waals surface area contributed by atoms with Gasteiger partial charge in [0.1, 0.15) is 17.3 Å². The Kier molecular flexibility index (Phi) is 3.71. The smallest absolute Gasteiger partial charge is 0.239 e. The van der Waals surface area contributed by atoms with Crippen LogP contribution in [-0.4, -0.2) is 9.97 Å². The van der Waals surface area contributed by atoms with Crippen molar-refractivity contribution in [3.63, 3.8) is 0 Å². The van der Waals surface area contributed by atoms with Crippen LogP contribution in [0.5, 0.6) is 0 Å². The fourth-order valence-corrected chi connectivity index (χ4v) is 2.09. The van der Waals surface area contributed by atoms with Gasteiger partial charge in [-0.15, -0.1) is 0 Å². The zero-order chi connectivity index (χ0) is 14.0. The fraction of sp³-hybridized carbons (Fsp3) is 0.385. The number of furan rings is 1. The molecule has 4 N–H and O–H groups in total. The van der Waals surface area contributed by atoms with Crippen LogP contribution in [0.4, 0.5) is 11.8 Å². The average molecular weight is 261 g/mol. The second kappa shape index (κ2) is 5.27. The summed E-state index contributed by atoms with van der Waals surface area (Å²) in [5, 5.41) is 3.32. The van der Waals surface area contributed by atoms with Gasteiger partial charge >= 0.3 is 0 Å². The summed E-state index contributed by atoms with van der Waals surface area (Å²) >= 11 is 0.